The van der Waals surface area contributed by atoms with Crippen molar-refractivity contribution in [2.24, 2.45) is 0 Å². The minimum Gasteiger partial charge on any atom is -0.406 e. The van der Waals surface area contributed by atoms with Gasteiger partial charge in [0.1, 0.15) is 0 Å². The molecule has 1 aliphatic heterocycles. The van der Waals surface area contributed by atoms with Crippen LogP contribution >= 0.6 is 0 Å². The van der Waals surface area contributed by atoms with E-state index >= 15 is 0 Å². The summed E-state index contributed by atoms with van der Waals surface area (Å²) < 4.78 is 7.87. The summed E-state index contributed by atoms with van der Waals surface area (Å²) in [7, 11) is 2.68. The van der Waals surface area contributed by atoms with E-state index < -0.39 is 8.48 Å². The van der Waals surface area contributed by atoms with Crippen LogP contribution in [0.25, 0.3) is 0 Å². The largest absolute Gasteiger partial charge is 0.406 e. The first-order valence-corrected chi connectivity index (χ1v) is 6.02. The van der Waals surface area contributed by atoms with Crippen molar-refractivity contribution in [2.45, 2.75) is 19.0 Å². The average Bonchev–Trinajstić information content (AvgIpc) is 2.15. The molecule has 0 N–H and O–H groups in total. The molecule has 0 saturated carbocycles. The van der Waals surface area contributed by atoms with Crippen molar-refractivity contribution < 1.29 is 4.43 Å². The fourth-order valence-corrected chi connectivity index (χ4v) is 3.67. The second-order valence-electron chi connectivity index (χ2n) is 2.90. The van der Waals surface area contributed by atoms with Crippen LogP contribution in [0, 0.1) is 0 Å². The number of hydrogen-bond acceptors (Lipinski definition) is 2. The molecule has 2 nitrogen and oxygen atoms in total. The molecule has 0 aromatic rings. The van der Waals surface area contributed by atoms with E-state index in [1.807, 2.05) is 7.11 Å². The van der Waals surface area contributed by atoms with Gasteiger partial charge < -0.3 is 8.99 Å². The molecule has 1 heterocycles. The zero-order valence-corrected chi connectivity index (χ0v) is 7.48. The zero-order chi connectivity index (χ0) is 6.91. The Kier molecular flexibility index (Phi) is 1.93. The molecule has 1 atom stereocenters. The number of hydrogen-bond donors (Lipinski definition) is 0. The number of rotatable bonds is 1. The van der Waals surface area contributed by atoms with Gasteiger partial charge in [0, 0.05) is 7.11 Å². The molecular formula is C6H15NOSi. The maximum Gasteiger partial charge on any atom is 0.267 e. The molecule has 9 heavy (non-hydrogen) atoms. The summed E-state index contributed by atoms with van der Waals surface area (Å²) in [6.45, 7) is 3.51. The topological polar surface area (TPSA) is 12.5 Å². The molecule has 1 saturated heterocycles. The third-order valence-corrected chi connectivity index (χ3v) is 6.38. The van der Waals surface area contributed by atoms with Crippen molar-refractivity contribution >= 4 is 8.48 Å². The van der Waals surface area contributed by atoms with Crippen molar-refractivity contribution in [3.8, 4) is 0 Å². The summed E-state index contributed by atoms with van der Waals surface area (Å²) in [6, 6.07) is 1.31. The highest BCUT2D eigenvalue weighted by Crippen LogP contribution is 2.23. The Morgan fingerprint density at radius 2 is 2.22 bits per heavy atom. The minimum absolute atomic E-state index is 1.23. The second-order valence-corrected chi connectivity index (χ2v) is 6.93. The normalized spacial score (nSPS) is 37.7. The van der Waals surface area contributed by atoms with Crippen LogP contribution in [0.3, 0.4) is 0 Å². The minimum atomic E-state index is -1.33. The maximum absolute atomic E-state index is 5.48. The summed E-state index contributed by atoms with van der Waals surface area (Å²) >= 11 is 0. The molecular weight excluding hydrogens is 130 g/mol. The quantitative estimate of drug-likeness (QED) is 0.511. The van der Waals surface area contributed by atoms with E-state index in [0.29, 0.717) is 0 Å². The predicted octanol–water partition coefficient (Wildman–Crippen LogP) is 1.04. The van der Waals surface area contributed by atoms with Gasteiger partial charge >= 0.3 is 0 Å². The highest BCUT2D eigenvalue weighted by Gasteiger charge is 2.37. The van der Waals surface area contributed by atoms with E-state index in [-0.39, 0.29) is 0 Å². The molecule has 0 bridgehead atoms. The Bertz CT molecular complexity index is 109. The van der Waals surface area contributed by atoms with Gasteiger partial charge in [-0.25, -0.2) is 0 Å². The SMILES string of the molecule is CO[Si]1(C)CCCN1C. The first-order valence-electron chi connectivity index (χ1n) is 3.45. The second kappa shape index (κ2) is 2.40. The first kappa shape index (κ1) is 7.25. The van der Waals surface area contributed by atoms with Crippen LogP contribution in [-0.4, -0.2) is 33.7 Å². The third kappa shape index (κ3) is 1.18. The van der Waals surface area contributed by atoms with Crippen LogP contribution in [0.4, 0.5) is 0 Å². The average molecular weight is 145 g/mol. The van der Waals surface area contributed by atoms with Gasteiger partial charge in [0.15, 0.2) is 0 Å². The predicted molar refractivity (Wildman–Crippen MR) is 40.7 cm³/mol. The Morgan fingerprint density at radius 1 is 1.56 bits per heavy atom. The lowest BCUT2D eigenvalue weighted by Crippen LogP contribution is -2.45. The summed E-state index contributed by atoms with van der Waals surface area (Å²) in [6.07, 6.45) is 1.33. The van der Waals surface area contributed by atoms with E-state index in [1.54, 1.807) is 0 Å². The molecule has 0 aromatic heterocycles. The fraction of sp³-hybridized carbons (Fsp3) is 1.00. The van der Waals surface area contributed by atoms with Gasteiger partial charge in [0.25, 0.3) is 8.48 Å². The van der Waals surface area contributed by atoms with Crippen LogP contribution in [0.1, 0.15) is 6.42 Å². The molecule has 1 aliphatic rings. The molecule has 1 unspecified atom stereocenters. The number of nitrogens with zero attached hydrogens (tertiary/aromatic N) is 1. The highest BCUT2D eigenvalue weighted by atomic mass is 28.4. The van der Waals surface area contributed by atoms with E-state index in [0.717, 1.165) is 0 Å². The van der Waals surface area contributed by atoms with Gasteiger partial charge in [-0.2, -0.15) is 0 Å². The first-order chi connectivity index (χ1) is 4.19. The summed E-state index contributed by atoms with van der Waals surface area (Å²) in [5, 5.41) is 0. The van der Waals surface area contributed by atoms with Gasteiger partial charge in [0.2, 0.25) is 0 Å². The molecule has 3 heteroatoms. The Hall–Kier alpha value is 0.137. The van der Waals surface area contributed by atoms with E-state index in [4.69, 9.17) is 4.43 Å². The van der Waals surface area contributed by atoms with Gasteiger partial charge in [0.05, 0.1) is 0 Å². The van der Waals surface area contributed by atoms with Crippen LogP contribution in [0.5, 0.6) is 0 Å². The lowest BCUT2D eigenvalue weighted by atomic mass is 10.5. The van der Waals surface area contributed by atoms with Gasteiger partial charge in [-0.05, 0) is 32.6 Å². The summed E-state index contributed by atoms with van der Waals surface area (Å²) in [5.41, 5.74) is 0. The van der Waals surface area contributed by atoms with Crippen molar-refractivity contribution in [2.75, 3.05) is 20.7 Å². The Balaban J connectivity index is 2.56. The molecule has 0 spiro atoms. The lowest BCUT2D eigenvalue weighted by molar-refractivity contribution is 0.341. The van der Waals surface area contributed by atoms with Gasteiger partial charge in [-0.15, -0.1) is 0 Å². The maximum atomic E-state index is 5.48. The molecule has 0 radical (unpaired) electrons. The van der Waals surface area contributed by atoms with Crippen LogP contribution < -0.4 is 0 Å². The van der Waals surface area contributed by atoms with Gasteiger partial charge in [-0.1, -0.05) is 0 Å². The molecule has 0 aromatic carbocycles. The highest BCUT2D eigenvalue weighted by molar-refractivity contribution is 6.70. The van der Waals surface area contributed by atoms with E-state index in [9.17, 15) is 0 Å². The standard InChI is InChI=1S/C6H15NOSi/c1-7-5-4-6-9(7,3)8-2/h4-6H2,1-3H3. The molecule has 54 valence electrons. The Morgan fingerprint density at radius 3 is 2.44 bits per heavy atom. The smallest absolute Gasteiger partial charge is 0.267 e. The van der Waals surface area contributed by atoms with Crippen LogP contribution in [0.15, 0.2) is 0 Å². The van der Waals surface area contributed by atoms with E-state index in [2.05, 4.69) is 18.2 Å². The van der Waals surface area contributed by atoms with Gasteiger partial charge in [-0.3, -0.25) is 0 Å². The Labute approximate surface area is 58.0 Å². The van der Waals surface area contributed by atoms with E-state index in [1.165, 1.54) is 19.0 Å². The molecule has 0 aliphatic carbocycles. The van der Waals surface area contributed by atoms with Crippen LogP contribution in [-0.2, 0) is 4.43 Å². The monoisotopic (exact) mass is 145 g/mol. The lowest BCUT2D eigenvalue weighted by Gasteiger charge is -2.26. The van der Waals surface area contributed by atoms with Crippen molar-refractivity contribution in [1.82, 2.24) is 4.57 Å². The summed E-state index contributed by atoms with van der Waals surface area (Å²) in [4.78, 5) is 0. The zero-order valence-electron chi connectivity index (χ0n) is 6.48. The molecule has 1 rings (SSSR count). The fourth-order valence-electron chi connectivity index (χ4n) is 1.33. The van der Waals surface area contributed by atoms with Crippen molar-refractivity contribution in [1.29, 1.82) is 0 Å². The molecule has 1 fully saturated rings. The molecule has 0 amide bonds. The van der Waals surface area contributed by atoms with Crippen LogP contribution in [0.2, 0.25) is 12.6 Å². The van der Waals surface area contributed by atoms with Crippen molar-refractivity contribution in [3.63, 3.8) is 0 Å². The third-order valence-electron chi connectivity index (χ3n) is 2.38. The van der Waals surface area contributed by atoms with Crippen molar-refractivity contribution in [3.05, 3.63) is 0 Å². The summed E-state index contributed by atoms with van der Waals surface area (Å²) in [5.74, 6) is 0.